The van der Waals surface area contributed by atoms with Gasteiger partial charge in [0, 0.05) is 17.3 Å². The zero-order valence-electron chi connectivity index (χ0n) is 7.39. The highest BCUT2D eigenvalue weighted by Crippen LogP contribution is 2.28. The normalized spacial score (nSPS) is 10.3. The Bertz CT molecular complexity index is 385. The number of halogens is 3. The van der Waals surface area contributed by atoms with Gasteiger partial charge in [-0.25, -0.2) is 13.8 Å². The molecule has 1 aromatic rings. The van der Waals surface area contributed by atoms with Crippen LogP contribution in [0.4, 0.5) is 8.78 Å². The van der Waals surface area contributed by atoms with Crippen molar-refractivity contribution in [3.63, 3.8) is 0 Å². The number of hydrogen-bond donors (Lipinski definition) is 0. The first kappa shape index (κ1) is 10.9. The summed E-state index contributed by atoms with van der Waals surface area (Å²) in [6.45, 7) is 1.52. The number of alkyl halides is 3. The third-order valence-electron chi connectivity index (χ3n) is 1.88. The van der Waals surface area contributed by atoms with Crippen LogP contribution >= 0.6 is 11.6 Å². The summed E-state index contributed by atoms with van der Waals surface area (Å²) in [6.07, 6.45) is -1.37. The zero-order chi connectivity index (χ0) is 10.7. The number of aryl methyl sites for hydroxylation is 1. The molecule has 0 fully saturated rings. The van der Waals surface area contributed by atoms with E-state index in [0.29, 0.717) is 5.56 Å². The molecule has 74 valence electrons. The van der Waals surface area contributed by atoms with E-state index in [1.54, 1.807) is 6.07 Å². The highest BCUT2D eigenvalue weighted by molar-refractivity contribution is 6.17. The Kier molecular flexibility index (Phi) is 3.37. The summed E-state index contributed by atoms with van der Waals surface area (Å²) in [5.74, 6) is -0.128. The van der Waals surface area contributed by atoms with Gasteiger partial charge in [-0.3, -0.25) is 0 Å². The summed E-state index contributed by atoms with van der Waals surface area (Å²) in [5, 5.41) is 8.63. The van der Waals surface area contributed by atoms with Crippen LogP contribution in [0.15, 0.2) is 6.20 Å². The summed E-state index contributed by atoms with van der Waals surface area (Å²) < 4.78 is 25.2. The SMILES string of the molecule is Cc1cnc(C#N)c(CCl)c1C(F)F. The van der Waals surface area contributed by atoms with Crippen molar-refractivity contribution in [3.05, 3.63) is 28.6 Å². The monoisotopic (exact) mass is 216 g/mol. The molecule has 0 N–H and O–H groups in total. The molecule has 0 amide bonds. The first-order valence-electron chi connectivity index (χ1n) is 3.84. The Hall–Kier alpha value is -1.21. The molecule has 1 rings (SSSR count). The topological polar surface area (TPSA) is 36.7 Å². The molecule has 5 heteroatoms. The van der Waals surface area contributed by atoms with Crippen LogP contribution < -0.4 is 0 Å². The number of hydrogen-bond acceptors (Lipinski definition) is 2. The second kappa shape index (κ2) is 4.34. The molecule has 0 aliphatic carbocycles. The molecule has 2 nitrogen and oxygen atoms in total. The minimum Gasteiger partial charge on any atom is -0.245 e. The zero-order valence-corrected chi connectivity index (χ0v) is 8.15. The van der Waals surface area contributed by atoms with Crippen molar-refractivity contribution in [3.8, 4) is 6.07 Å². The standard InChI is InChI=1S/C9H7ClF2N2/c1-5-4-14-7(3-13)6(2-10)8(5)9(11)12/h4,9H,2H2,1H3. The van der Waals surface area contributed by atoms with Crippen LogP contribution in [-0.2, 0) is 5.88 Å². The van der Waals surface area contributed by atoms with Gasteiger partial charge in [-0.2, -0.15) is 5.26 Å². The summed E-state index contributed by atoms with van der Waals surface area (Å²) in [5.41, 5.74) is 0.284. The highest BCUT2D eigenvalue weighted by Gasteiger charge is 2.19. The van der Waals surface area contributed by atoms with E-state index in [4.69, 9.17) is 16.9 Å². The van der Waals surface area contributed by atoms with Crippen molar-refractivity contribution >= 4 is 11.6 Å². The first-order valence-corrected chi connectivity index (χ1v) is 4.37. The predicted molar refractivity (Wildman–Crippen MR) is 48.2 cm³/mol. The quantitative estimate of drug-likeness (QED) is 0.713. The fourth-order valence-corrected chi connectivity index (χ4v) is 1.48. The number of nitriles is 1. The van der Waals surface area contributed by atoms with Crippen molar-refractivity contribution in [1.82, 2.24) is 4.98 Å². The number of rotatable bonds is 2. The van der Waals surface area contributed by atoms with Gasteiger partial charge in [0.05, 0.1) is 5.88 Å². The summed E-state index contributed by atoms with van der Waals surface area (Å²) in [6, 6.07) is 1.74. The maximum atomic E-state index is 12.6. The molecule has 0 saturated heterocycles. The van der Waals surface area contributed by atoms with Gasteiger partial charge in [0.25, 0.3) is 6.43 Å². The second-order valence-corrected chi connectivity index (χ2v) is 3.00. The van der Waals surface area contributed by atoms with Crippen molar-refractivity contribution in [1.29, 1.82) is 5.26 Å². The molecule has 0 aliphatic rings. The van der Waals surface area contributed by atoms with Gasteiger partial charge in [-0.15, -0.1) is 11.6 Å². The molecule has 0 aromatic carbocycles. The third-order valence-corrected chi connectivity index (χ3v) is 2.15. The van der Waals surface area contributed by atoms with Gasteiger partial charge < -0.3 is 0 Å². The second-order valence-electron chi connectivity index (χ2n) is 2.73. The van der Waals surface area contributed by atoms with Crippen LogP contribution in [0.3, 0.4) is 0 Å². The van der Waals surface area contributed by atoms with Crippen LogP contribution in [-0.4, -0.2) is 4.98 Å². The summed E-state index contributed by atoms with van der Waals surface area (Å²) in [7, 11) is 0. The average Bonchev–Trinajstić information content (AvgIpc) is 2.16. The summed E-state index contributed by atoms with van der Waals surface area (Å²) in [4.78, 5) is 3.73. The average molecular weight is 217 g/mol. The van der Waals surface area contributed by atoms with Crippen LogP contribution in [0.5, 0.6) is 0 Å². The van der Waals surface area contributed by atoms with Gasteiger partial charge in [0.2, 0.25) is 0 Å². The van der Waals surface area contributed by atoms with E-state index in [-0.39, 0.29) is 22.7 Å². The van der Waals surface area contributed by atoms with Gasteiger partial charge in [-0.1, -0.05) is 0 Å². The number of nitrogens with zero attached hydrogens (tertiary/aromatic N) is 2. The van der Waals surface area contributed by atoms with E-state index in [1.165, 1.54) is 13.1 Å². The van der Waals surface area contributed by atoms with Gasteiger partial charge >= 0.3 is 0 Å². The minimum absolute atomic E-state index is 0.0269. The number of aromatic nitrogens is 1. The lowest BCUT2D eigenvalue weighted by molar-refractivity contribution is 0.149. The molecular weight excluding hydrogens is 210 g/mol. The Labute approximate surface area is 85.1 Å². The van der Waals surface area contributed by atoms with E-state index in [9.17, 15) is 8.78 Å². The molecule has 0 atom stereocenters. The van der Waals surface area contributed by atoms with Crippen LogP contribution in [0, 0.1) is 18.3 Å². The smallest absolute Gasteiger partial charge is 0.245 e. The Balaban J connectivity index is 3.45. The molecule has 0 radical (unpaired) electrons. The molecule has 0 bridgehead atoms. The van der Waals surface area contributed by atoms with Gasteiger partial charge in [-0.05, 0) is 12.5 Å². The molecule has 14 heavy (non-hydrogen) atoms. The predicted octanol–water partition coefficient (Wildman–Crippen LogP) is 2.94. The Morgan fingerprint density at radius 3 is 2.71 bits per heavy atom. The van der Waals surface area contributed by atoms with Crippen molar-refractivity contribution in [2.75, 3.05) is 0 Å². The van der Waals surface area contributed by atoms with Gasteiger partial charge in [0.15, 0.2) is 0 Å². The van der Waals surface area contributed by atoms with Crippen LogP contribution in [0.25, 0.3) is 0 Å². The highest BCUT2D eigenvalue weighted by atomic mass is 35.5. The summed E-state index contributed by atoms with van der Waals surface area (Å²) >= 11 is 5.51. The fourth-order valence-electron chi connectivity index (χ4n) is 1.21. The fraction of sp³-hybridized carbons (Fsp3) is 0.333. The lowest BCUT2D eigenvalue weighted by Gasteiger charge is -2.10. The molecule has 0 unspecified atom stereocenters. The lowest BCUT2D eigenvalue weighted by Crippen LogP contribution is -2.02. The number of pyridine rings is 1. The third kappa shape index (κ3) is 1.83. The molecule has 1 heterocycles. The van der Waals surface area contributed by atoms with Gasteiger partial charge in [0.1, 0.15) is 11.8 Å². The molecule has 1 aromatic heterocycles. The molecule has 0 saturated carbocycles. The van der Waals surface area contributed by atoms with Crippen molar-refractivity contribution < 1.29 is 8.78 Å². The molecule has 0 aliphatic heterocycles. The van der Waals surface area contributed by atoms with Crippen LogP contribution in [0.2, 0.25) is 0 Å². The van der Waals surface area contributed by atoms with E-state index in [0.717, 1.165) is 0 Å². The lowest BCUT2D eigenvalue weighted by atomic mass is 10.0. The molecule has 0 spiro atoms. The van der Waals surface area contributed by atoms with Crippen molar-refractivity contribution in [2.45, 2.75) is 19.2 Å². The Morgan fingerprint density at radius 2 is 2.29 bits per heavy atom. The Morgan fingerprint density at radius 1 is 1.64 bits per heavy atom. The van der Waals surface area contributed by atoms with Crippen molar-refractivity contribution in [2.24, 2.45) is 0 Å². The van der Waals surface area contributed by atoms with Crippen LogP contribution in [0.1, 0.15) is 28.8 Å². The maximum Gasteiger partial charge on any atom is 0.264 e. The molecular formula is C9H7ClF2N2. The van der Waals surface area contributed by atoms with E-state index in [2.05, 4.69) is 4.98 Å². The largest absolute Gasteiger partial charge is 0.264 e. The minimum atomic E-state index is -2.63. The first-order chi connectivity index (χ1) is 6.61. The maximum absolute atomic E-state index is 12.6. The van der Waals surface area contributed by atoms with E-state index in [1.807, 2.05) is 0 Å². The van der Waals surface area contributed by atoms with E-state index < -0.39 is 6.43 Å². The van der Waals surface area contributed by atoms with E-state index >= 15 is 0 Å².